The summed E-state index contributed by atoms with van der Waals surface area (Å²) < 4.78 is 34.1. The first-order valence-electron chi connectivity index (χ1n) is 9.13. The molecular formula is C21H22O6. The minimum Gasteiger partial charge on any atom is -0.493 e. The molecule has 0 saturated carbocycles. The summed E-state index contributed by atoms with van der Waals surface area (Å²) in [7, 11) is 3.29. The molecule has 0 amide bonds. The van der Waals surface area contributed by atoms with Crippen LogP contribution in [0.3, 0.4) is 0 Å². The Balaban J connectivity index is 1.39. The predicted molar refractivity (Wildman–Crippen MR) is 96.5 cm³/mol. The topological polar surface area (TPSA) is 55.4 Å². The Morgan fingerprint density at radius 3 is 2.07 bits per heavy atom. The molecule has 4 atom stereocenters. The number of hydrogen-bond donors (Lipinski definition) is 0. The fraction of sp³-hybridized carbons (Fsp3) is 0.429. The zero-order chi connectivity index (χ0) is 18.4. The van der Waals surface area contributed by atoms with Gasteiger partial charge in [0.15, 0.2) is 23.0 Å². The minimum atomic E-state index is -0.00573. The molecule has 0 radical (unpaired) electrons. The van der Waals surface area contributed by atoms with Crippen LogP contribution >= 0.6 is 0 Å². The maximum absolute atomic E-state index is 6.19. The summed E-state index contributed by atoms with van der Waals surface area (Å²) in [6.45, 7) is 1.62. The molecule has 2 fully saturated rings. The third-order valence-electron chi connectivity index (χ3n) is 5.73. The van der Waals surface area contributed by atoms with Crippen molar-refractivity contribution in [3.05, 3.63) is 47.5 Å². The van der Waals surface area contributed by atoms with Gasteiger partial charge in [0.25, 0.3) is 0 Å². The van der Waals surface area contributed by atoms with Crippen molar-refractivity contribution < 1.29 is 28.4 Å². The Hall–Kier alpha value is -2.44. The lowest BCUT2D eigenvalue weighted by Crippen LogP contribution is -2.14. The summed E-state index contributed by atoms with van der Waals surface area (Å²) in [6, 6.07) is 12.0. The lowest BCUT2D eigenvalue weighted by atomic mass is 9.85. The Bertz CT molecular complexity index is 851. The van der Waals surface area contributed by atoms with Crippen molar-refractivity contribution in [2.75, 3.05) is 34.2 Å². The van der Waals surface area contributed by atoms with Crippen molar-refractivity contribution in [3.63, 3.8) is 0 Å². The molecule has 27 heavy (non-hydrogen) atoms. The van der Waals surface area contributed by atoms with Crippen LogP contribution in [0.1, 0.15) is 23.3 Å². The summed E-state index contributed by atoms with van der Waals surface area (Å²) in [5, 5.41) is 0. The molecule has 142 valence electrons. The van der Waals surface area contributed by atoms with E-state index in [2.05, 4.69) is 6.07 Å². The fourth-order valence-electron chi connectivity index (χ4n) is 4.35. The number of rotatable bonds is 4. The molecule has 2 aromatic carbocycles. The smallest absolute Gasteiger partial charge is 0.231 e. The van der Waals surface area contributed by atoms with E-state index in [1.54, 1.807) is 14.2 Å². The van der Waals surface area contributed by atoms with E-state index >= 15 is 0 Å². The summed E-state index contributed by atoms with van der Waals surface area (Å²) in [6.07, 6.45) is 0.00320. The van der Waals surface area contributed by atoms with E-state index in [9.17, 15) is 0 Å². The molecule has 2 aromatic rings. The van der Waals surface area contributed by atoms with E-state index < -0.39 is 0 Å². The summed E-state index contributed by atoms with van der Waals surface area (Å²) in [5.74, 6) is 3.63. The normalized spacial score (nSPS) is 28.2. The molecule has 0 spiro atoms. The van der Waals surface area contributed by atoms with Crippen LogP contribution in [0.4, 0.5) is 0 Å². The molecule has 0 N–H and O–H groups in total. The van der Waals surface area contributed by atoms with Crippen molar-refractivity contribution >= 4 is 0 Å². The molecule has 6 nitrogen and oxygen atoms in total. The van der Waals surface area contributed by atoms with Crippen LogP contribution in [0.5, 0.6) is 23.0 Å². The van der Waals surface area contributed by atoms with Crippen LogP contribution < -0.4 is 18.9 Å². The monoisotopic (exact) mass is 370 g/mol. The first-order valence-corrected chi connectivity index (χ1v) is 9.13. The van der Waals surface area contributed by atoms with Gasteiger partial charge in [-0.25, -0.2) is 0 Å². The van der Waals surface area contributed by atoms with Gasteiger partial charge in [0.1, 0.15) is 0 Å². The maximum atomic E-state index is 6.19. The quantitative estimate of drug-likeness (QED) is 0.821. The average Bonchev–Trinajstić information content (AvgIpc) is 3.42. The van der Waals surface area contributed by atoms with E-state index in [-0.39, 0.29) is 19.0 Å². The van der Waals surface area contributed by atoms with Gasteiger partial charge in [-0.1, -0.05) is 12.1 Å². The van der Waals surface area contributed by atoms with Crippen molar-refractivity contribution in [1.82, 2.24) is 0 Å². The molecule has 0 aromatic heterocycles. The van der Waals surface area contributed by atoms with Gasteiger partial charge < -0.3 is 28.4 Å². The molecule has 3 aliphatic heterocycles. The standard InChI is InChI=1S/C21H22O6/c1-22-16-5-3-12(7-18(16)23-2)20-14-9-25-21(15(14)10-24-20)13-4-6-17-19(8-13)27-11-26-17/h3-8,14-15,20-21H,9-11H2,1-2H3/t14?,15?,20-,21?/m0/s1. The van der Waals surface area contributed by atoms with Crippen LogP contribution in [0.15, 0.2) is 36.4 Å². The Kier molecular flexibility index (Phi) is 4.10. The van der Waals surface area contributed by atoms with Crippen LogP contribution in [0.25, 0.3) is 0 Å². The lowest BCUT2D eigenvalue weighted by molar-refractivity contribution is 0.0191. The fourth-order valence-corrected chi connectivity index (χ4v) is 4.35. The molecular weight excluding hydrogens is 348 g/mol. The van der Waals surface area contributed by atoms with E-state index in [1.165, 1.54) is 0 Å². The third kappa shape index (κ3) is 2.71. The highest BCUT2D eigenvalue weighted by Crippen LogP contribution is 2.51. The third-order valence-corrected chi connectivity index (χ3v) is 5.73. The van der Waals surface area contributed by atoms with Gasteiger partial charge >= 0.3 is 0 Å². The SMILES string of the molecule is COc1ccc([C@@H]2OCC3C(c4ccc5c(c4)OCO5)OCC32)cc1OC. The van der Waals surface area contributed by atoms with Crippen LogP contribution in [-0.4, -0.2) is 34.2 Å². The molecule has 3 unspecified atom stereocenters. The first kappa shape index (κ1) is 16.7. The largest absolute Gasteiger partial charge is 0.493 e. The number of benzene rings is 2. The van der Waals surface area contributed by atoms with Crippen molar-refractivity contribution in [2.45, 2.75) is 12.2 Å². The van der Waals surface area contributed by atoms with E-state index in [0.717, 1.165) is 28.4 Å². The predicted octanol–water partition coefficient (Wildman–Crippen LogP) is 3.51. The van der Waals surface area contributed by atoms with Crippen LogP contribution in [0, 0.1) is 11.8 Å². The molecule has 6 heteroatoms. The molecule has 3 aliphatic rings. The van der Waals surface area contributed by atoms with Gasteiger partial charge in [0.05, 0.1) is 39.6 Å². The van der Waals surface area contributed by atoms with E-state index in [1.807, 2.05) is 30.3 Å². The van der Waals surface area contributed by atoms with Gasteiger partial charge in [0.2, 0.25) is 6.79 Å². The molecule has 0 aliphatic carbocycles. The second-order valence-electron chi connectivity index (χ2n) is 7.06. The Labute approximate surface area is 157 Å². The average molecular weight is 370 g/mol. The van der Waals surface area contributed by atoms with E-state index in [4.69, 9.17) is 28.4 Å². The van der Waals surface area contributed by atoms with Gasteiger partial charge in [-0.2, -0.15) is 0 Å². The van der Waals surface area contributed by atoms with Crippen molar-refractivity contribution in [3.8, 4) is 23.0 Å². The number of hydrogen-bond acceptors (Lipinski definition) is 6. The second-order valence-corrected chi connectivity index (χ2v) is 7.06. The summed E-state index contributed by atoms with van der Waals surface area (Å²) >= 11 is 0. The first-order chi connectivity index (χ1) is 13.3. The zero-order valence-corrected chi connectivity index (χ0v) is 15.3. The number of fused-ring (bicyclic) bond motifs is 2. The number of ether oxygens (including phenoxy) is 6. The molecule has 5 rings (SSSR count). The summed E-state index contributed by atoms with van der Waals surface area (Å²) in [4.78, 5) is 0. The highest BCUT2D eigenvalue weighted by Gasteiger charge is 2.48. The number of methoxy groups -OCH3 is 2. The highest BCUT2D eigenvalue weighted by molar-refractivity contribution is 5.46. The van der Waals surface area contributed by atoms with Gasteiger partial charge in [-0.05, 0) is 35.4 Å². The zero-order valence-electron chi connectivity index (χ0n) is 15.3. The molecule has 0 bridgehead atoms. The Morgan fingerprint density at radius 2 is 1.37 bits per heavy atom. The van der Waals surface area contributed by atoms with Gasteiger partial charge in [-0.15, -0.1) is 0 Å². The maximum Gasteiger partial charge on any atom is 0.231 e. The minimum absolute atomic E-state index is 0.00573. The van der Waals surface area contributed by atoms with Crippen LogP contribution in [-0.2, 0) is 9.47 Å². The van der Waals surface area contributed by atoms with Crippen molar-refractivity contribution in [1.29, 1.82) is 0 Å². The van der Waals surface area contributed by atoms with Gasteiger partial charge in [0, 0.05) is 11.8 Å². The lowest BCUT2D eigenvalue weighted by Gasteiger charge is -2.18. The summed E-state index contributed by atoms with van der Waals surface area (Å²) in [5.41, 5.74) is 2.21. The van der Waals surface area contributed by atoms with E-state index in [0.29, 0.717) is 30.8 Å². The van der Waals surface area contributed by atoms with Crippen molar-refractivity contribution in [2.24, 2.45) is 11.8 Å². The molecule has 3 heterocycles. The van der Waals surface area contributed by atoms with Gasteiger partial charge in [-0.3, -0.25) is 0 Å². The second kappa shape index (κ2) is 6.62. The molecule has 2 saturated heterocycles. The van der Waals surface area contributed by atoms with Crippen LogP contribution in [0.2, 0.25) is 0 Å². The Morgan fingerprint density at radius 1 is 0.741 bits per heavy atom. The highest BCUT2D eigenvalue weighted by atomic mass is 16.7.